The molecule has 1 aliphatic carbocycles. The Labute approximate surface area is 102 Å². The van der Waals surface area contributed by atoms with E-state index in [1.165, 1.54) is 17.7 Å². The Kier molecular flexibility index (Phi) is 5.41. The molecule has 0 spiro atoms. The molecule has 0 aliphatic heterocycles. The second-order valence-corrected chi connectivity index (χ2v) is 4.73. The zero-order valence-electron chi connectivity index (χ0n) is 10.5. The van der Waals surface area contributed by atoms with E-state index in [4.69, 9.17) is 9.84 Å². The summed E-state index contributed by atoms with van der Waals surface area (Å²) in [4.78, 5) is 23.7. The third-order valence-electron chi connectivity index (χ3n) is 3.14. The molecule has 1 aliphatic rings. The number of rotatable bonds is 6. The molecule has 17 heavy (non-hydrogen) atoms. The van der Waals surface area contributed by atoms with Crippen LogP contribution in [0, 0.1) is 5.92 Å². The largest absolute Gasteiger partial charge is 0.481 e. The van der Waals surface area contributed by atoms with Crippen LogP contribution >= 0.6 is 0 Å². The number of hydrogen-bond acceptors (Lipinski definition) is 3. The standard InChI is InChI=1S/C12H21NO4/c1-9(12(15)16)7-13(2)11(14)8-17-10-5-3-4-6-10/h9-10H,3-8H2,1-2H3,(H,15,16). The molecule has 0 radical (unpaired) electrons. The van der Waals surface area contributed by atoms with Gasteiger partial charge >= 0.3 is 5.97 Å². The summed E-state index contributed by atoms with van der Waals surface area (Å²) in [5.74, 6) is -1.58. The smallest absolute Gasteiger partial charge is 0.308 e. The summed E-state index contributed by atoms with van der Waals surface area (Å²) in [6, 6.07) is 0. The molecule has 0 aromatic rings. The highest BCUT2D eigenvalue weighted by Crippen LogP contribution is 2.20. The van der Waals surface area contributed by atoms with E-state index in [1.54, 1.807) is 14.0 Å². The topological polar surface area (TPSA) is 66.8 Å². The Balaban J connectivity index is 2.23. The maximum absolute atomic E-state index is 11.7. The van der Waals surface area contributed by atoms with Gasteiger partial charge in [-0.2, -0.15) is 0 Å². The van der Waals surface area contributed by atoms with Crippen LogP contribution in [0.15, 0.2) is 0 Å². The Hall–Kier alpha value is -1.10. The minimum atomic E-state index is -0.888. The van der Waals surface area contributed by atoms with Crippen molar-refractivity contribution in [2.45, 2.75) is 38.7 Å². The second-order valence-electron chi connectivity index (χ2n) is 4.73. The summed E-state index contributed by atoms with van der Waals surface area (Å²) in [6.45, 7) is 1.87. The van der Waals surface area contributed by atoms with Crippen molar-refractivity contribution in [1.82, 2.24) is 4.90 Å². The highest BCUT2D eigenvalue weighted by atomic mass is 16.5. The van der Waals surface area contributed by atoms with Crippen molar-refractivity contribution in [2.24, 2.45) is 5.92 Å². The van der Waals surface area contributed by atoms with Crippen LogP contribution in [0.2, 0.25) is 0 Å². The maximum Gasteiger partial charge on any atom is 0.308 e. The van der Waals surface area contributed by atoms with Crippen molar-refractivity contribution in [3.8, 4) is 0 Å². The van der Waals surface area contributed by atoms with Crippen LogP contribution in [0.3, 0.4) is 0 Å². The van der Waals surface area contributed by atoms with Gasteiger partial charge in [0.2, 0.25) is 5.91 Å². The minimum absolute atomic E-state index is 0.0630. The van der Waals surface area contributed by atoms with Crippen LogP contribution in [0.1, 0.15) is 32.6 Å². The van der Waals surface area contributed by atoms with Crippen molar-refractivity contribution in [2.75, 3.05) is 20.2 Å². The van der Waals surface area contributed by atoms with Gasteiger partial charge in [0.25, 0.3) is 0 Å². The fourth-order valence-corrected chi connectivity index (χ4v) is 1.95. The number of carbonyl (C=O) groups excluding carboxylic acids is 1. The van der Waals surface area contributed by atoms with Crippen LogP contribution in [-0.2, 0) is 14.3 Å². The van der Waals surface area contributed by atoms with Gasteiger partial charge in [-0.1, -0.05) is 19.8 Å². The molecule has 1 atom stereocenters. The van der Waals surface area contributed by atoms with Gasteiger partial charge in [-0.15, -0.1) is 0 Å². The number of carboxylic acids is 1. The molecular weight excluding hydrogens is 222 g/mol. The normalized spacial score (nSPS) is 18.0. The van der Waals surface area contributed by atoms with E-state index in [0.717, 1.165) is 12.8 Å². The fraction of sp³-hybridized carbons (Fsp3) is 0.833. The number of likely N-dealkylation sites (N-methyl/N-ethyl adjacent to an activating group) is 1. The molecule has 1 unspecified atom stereocenters. The molecule has 1 fully saturated rings. The van der Waals surface area contributed by atoms with E-state index < -0.39 is 11.9 Å². The Morgan fingerprint density at radius 3 is 2.53 bits per heavy atom. The van der Waals surface area contributed by atoms with Gasteiger partial charge in [-0.25, -0.2) is 0 Å². The van der Waals surface area contributed by atoms with Crippen LogP contribution in [0.5, 0.6) is 0 Å². The summed E-state index contributed by atoms with van der Waals surface area (Å²) < 4.78 is 5.49. The Bertz CT molecular complexity index is 274. The van der Waals surface area contributed by atoms with Gasteiger partial charge in [0.1, 0.15) is 6.61 Å². The zero-order chi connectivity index (χ0) is 12.8. The second kappa shape index (κ2) is 6.59. The molecule has 1 rings (SSSR count). The Morgan fingerprint density at radius 1 is 1.41 bits per heavy atom. The highest BCUT2D eigenvalue weighted by molar-refractivity contribution is 5.78. The average Bonchev–Trinajstić information content (AvgIpc) is 2.78. The quantitative estimate of drug-likeness (QED) is 0.759. The number of carboxylic acid groups (broad SMARTS) is 1. The van der Waals surface area contributed by atoms with E-state index >= 15 is 0 Å². The van der Waals surface area contributed by atoms with E-state index in [2.05, 4.69) is 0 Å². The van der Waals surface area contributed by atoms with Crippen molar-refractivity contribution in [3.63, 3.8) is 0 Å². The summed E-state index contributed by atoms with van der Waals surface area (Å²) in [5.41, 5.74) is 0. The molecule has 0 aromatic carbocycles. The monoisotopic (exact) mass is 243 g/mol. The molecule has 5 heteroatoms. The number of hydrogen-bond donors (Lipinski definition) is 1. The lowest BCUT2D eigenvalue weighted by molar-refractivity contribution is -0.144. The van der Waals surface area contributed by atoms with Gasteiger partial charge in [-0.05, 0) is 12.8 Å². The summed E-state index contributed by atoms with van der Waals surface area (Å²) in [7, 11) is 1.61. The minimum Gasteiger partial charge on any atom is -0.481 e. The number of nitrogens with zero attached hydrogens (tertiary/aromatic N) is 1. The molecule has 1 amide bonds. The lowest BCUT2D eigenvalue weighted by Gasteiger charge is -2.20. The first-order valence-electron chi connectivity index (χ1n) is 6.09. The van der Waals surface area contributed by atoms with Crippen LogP contribution < -0.4 is 0 Å². The molecule has 1 N–H and O–H groups in total. The number of carbonyl (C=O) groups is 2. The van der Waals surface area contributed by atoms with Gasteiger partial charge in [-0.3, -0.25) is 9.59 Å². The van der Waals surface area contributed by atoms with Crippen LogP contribution in [0.4, 0.5) is 0 Å². The third-order valence-corrected chi connectivity index (χ3v) is 3.14. The van der Waals surface area contributed by atoms with Crippen molar-refractivity contribution in [1.29, 1.82) is 0 Å². The first-order chi connectivity index (χ1) is 8.00. The molecule has 5 nitrogen and oxygen atoms in total. The lowest BCUT2D eigenvalue weighted by atomic mass is 10.2. The van der Waals surface area contributed by atoms with Gasteiger partial charge in [0.05, 0.1) is 12.0 Å². The van der Waals surface area contributed by atoms with Crippen molar-refractivity contribution < 1.29 is 19.4 Å². The van der Waals surface area contributed by atoms with Crippen LogP contribution in [-0.4, -0.2) is 48.2 Å². The van der Waals surface area contributed by atoms with Gasteiger partial charge in [0.15, 0.2) is 0 Å². The first kappa shape index (κ1) is 14.0. The van der Waals surface area contributed by atoms with Crippen molar-refractivity contribution >= 4 is 11.9 Å². The van der Waals surface area contributed by atoms with E-state index in [1.807, 2.05) is 0 Å². The third kappa shape index (κ3) is 4.73. The summed E-state index contributed by atoms with van der Waals surface area (Å²) in [5, 5.41) is 8.75. The molecular formula is C12H21NO4. The molecule has 98 valence electrons. The summed E-state index contributed by atoms with van der Waals surface area (Å²) >= 11 is 0. The molecule has 0 bridgehead atoms. The predicted molar refractivity (Wildman–Crippen MR) is 62.6 cm³/mol. The fourth-order valence-electron chi connectivity index (χ4n) is 1.95. The Morgan fingerprint density at radius 2 is 2.00 bits per heavy atom. The summed E-state index contributed by atoms with van der Waals surface area (Å²) in [6.07, 6.45) is 4.62. The maximum atomic E-state index is 11.7. The molecule has 0 heterocycles. The SMILES string of the molecule is CC(CN(C)C(=O)COC1CCCC1)C(=O)O. The van der Waals surface area contributed by atoms with E-state index in [-0.39, 0.29) is 25.2 Å². The molecule has 0 aromatic heterocycles. The van der Waals surface area contributed by atoms with E-state index in [9.17, 15) is 9.59 Å². The van der Waals surface area contributed by atoms with E-state index in [0.29, 0.717) is 0 Å². The first-order valence-corrected chi connectivity index (χ1v) is 6.09. The molecule has 1 saturated carbocycles. The van der Waals surface area contributed by atoms with Crippen LogP contribution in [0.25, 0.3) is 0 Å². The molecule has 0 saturated heterocycles. The number of aliphatic carboxylic acids is 1. The van der Waals surface area contributed by atoms with Gasteiger partial charge < -0.3 is 14.7 Å². The van der Waals surface area contributed by atoms with Gasteiger partial charge in [0, 0.05) is 13.6 Å². The predicted octanol–water partition coefficient (Wildman–Crippen LogP) is 1.12. The lowest BCUT2D eigenvalue weighted by Crippen LogP contribution is -2.36. The number of amides is 1. The average molecular weight is 243 g/mol. The number of ether oxygens (including phenoxy) is 1. The highest BCUT2D eigenvalue weighted by Gasteiger charge is 2.20. The van der Waals surface area contributed by atoms with Crippen molar-refractivity contribution in [3.05, 3.63) is 0 Å². The zero-order valence-corrected chi connectivity index (χ0v) is 10.5.